The van der Waals surface area contributed by atoms with Gasteiger partial charge < -0.3 is 10.1 Å². The first-order valence-electron chi connectivity index (χ1n) is 10.4. The van der Waals surface area contributed by atoms with Gasteiger partial charge in [0, 0.05) is 11.6 Å². The van der Waals surface area contributed by atoms with Gasteiger partial charge in [0.15, 0.2) is 0 Å². The van der Waals surface area contributed by atoms with Crippen LogP contribution in [0.25, 0.3) is 0 Å². The maximum atomic E-state index is 13.5. The fourth-order valence-electron chi connectivity index (χ4n) is 3.67. The molecule has 0 aromatic heterocycles. The molecule has 6 nitrogen and oxygen atoms in total. The van der Waals surface area contributed by atoms with Crippen LogP contribution in [0, 0.1) is 5.82 Å². The molecule has 3 aromatic carbocycles. The van der Waals surface area contributed by atoms with E-state index in [1.807, 2.05) is 0 Å². The summed E-state index contributed by atoms with van der Waals surface area (Å²) < 4.78 is 56.5. The van der Waals surface area contributed by atoms with E-state index in [2.05, 4.69) is 10.4 Å². The molecule has 1 unspecified atom stereocenters. The van der Waals surface area contributed by atoms with Crippen molar-refractivity contribution in [3.63, 3.8) is 0 Å². The quantitative estimate of drug-likeness (QED) is 0.383. The molecule has 0 bridgehead atoms. The molecule has 1 aliphatic heterocycles. The molecule has 3 aromatic rings. The van der Waals surface area contributed by atoms with Crippen LogP contribution in [0.15, 0.2) is 77.9 Å². The summed E-state index contributed by atoms with van der Waals surface area (Å²) in [6.07, 6.45) is -4.48. The Balaban J connectivity index is 1.59. The van der Waals surface area contributed by atoms with Crippen LogP contribution in [-0.2, 0) is 10.9 Å². The van der Waals surface area contributed by atoms with Gasteiger partial charge in [-0.15, -0.1) is 0 Å². The van der Waals surface area contributed by atoms with Crippen molar-refractivity contribution in [3.8, 4) is 0 Å². The lowest BCUT2D eigenvalue weighted by atomic mass is 9.90. The van der Waals surface area contributed by atoms with Gasteiger partial charge in [0.2, 0.25) is 0 Å². The summed E-state index contributed by atoms with van der Waals surface area (Å²) in [5.74, 6) is -1.32. The summed E-state index contributed by atoms with van der Waals surface area (Å²) >= 11 is 0. The summed E-state index contributed by atoms with van der Waals surface area (Å²) in [4.78, 5) is 24.6. The Morgan fingerprint density at radius 3 is 2.17 bits per heavy atom. The van der Waals surface area contributed by atoms with E-state index in [4.69, 9.17) is 4.74 Å². The lowest BCUT2D eigenvalue weighted by Gasteiger charge is -2.16. The Morgan fingerprint density at radius 2 is 1.60 bits per heavy atom. The van der Waals surface area contributed by atoms with Gasteiger partial charge in [-0.2, -0.15) is 18.3 Å². The fourth-order valence-corrected chi connectivity index (χ4v) is 3.67. The van der Waals surface area contributed by atoms with Crippen LogP contribution >= 0.6 is 0 Å². The zero-order valence-corrected chi connectivity index (χ0v) is 18.3. The maximum absolute atomic E-state index is 13.5. The molecule has 0 saturated carbocycles. The summed E-state index contributed by atoms with van der Waals surface area (Å²) in [6, 6.07) is 15.7. The second-order valence-electron chi connectivity index (χ2n) is 7.75. The summed E-state index contributed by atoms with van der Waals surface area (Å²) in [7, 11) is 1.28. The Morgan fingerprint density at radius 1 is 0.971 bits per heavy atom. The highest BCUT2D eigenvalue weighted by Gasteiger charge is 2.33. The predicted molar refractivity (Wildman–Crippen MR) is 121 cm³/mol. The highest BCUT2D eigenvalue weighted by molar-refractivity contribution is 6.08. The van der Waals surface area contributed by atoms with Crippen LogP contribution in [0.1, 0.15) is 33.0 Å². The minimum absolute atomic E-state index is 0.122. The van der Waals surface area contributed by atoms with Crippen LogP contribution in [0.4, 0.5) is 28.0 Å². The van der Waals surface area contributed by atoms with E-state index in [-0.39, 0.29) is 12.2 Å². The third-order valence-corrected chi connectivity index (χ3v) is 5.49. The van der Waals surface area contributed by atoms with Crippen molar-refractivity contribution < 1.29 is 31.9 Å². The van der Waals surface area contributed by atoms with Crippen molar-refractivity contribution in [2.45, 2.75) is 12.1 Å². The van der Waals surface area contributed by atoms with Gasteiger partial charge in [-0.05, 0) is 59.7 Å². The van der Waals surface area contributed by atoms with Gasteiger partial charge in [0.1, 0.15) is 5.82 Å². The zero-order valence-electron chi connectivity index (χ0n) is 18.3. The number of halogens is 4. The van der Waals surface area contributed by atoms with E-state index in [0.717, 1.165) is 34.8 Å². The molecular weight excluding hydrogens is 466 g/mol. The second kappa shape index (κ2) is 9.57. The first-order chi connectivity index (χ1) is 16.7. The number of benzene rings is 3. The average Bonchev–Trinajstić information content (AvgIpc) is 3.29. The number of hydrazone groups is 1. The van der Waals surface area contributed by atoms with Crippen molar-refractivity contribution in [2.24, 2.45) is 5.10 Å². The van der Waals surface area contributed by atoms with Crippen molar-refractivity contribution in [1.82, 2.24) is 5.01 Å². The molecule has 180 valence electrons. The van der Waals surface area contributed by atoms with E-state index in [9.17, 15) is 27.2 Å². The number of rotatable bonds is 4. The number of esters is 1. The van der Waals surface area contributed by atoms with Gasteiger partial charge >= 0.3 is 18.2 Å². The number of carbonyl (C=O) groups excluding carboxylic acids is 2. The molecule has 1 heterocycles. The van der Waals surface area contributed by atoms with Gasteiger partial charge in [0.25, 0.3) is 0 Å². The largest absolute Gasteiger partial charge is 0.465 e. The van der Waals surface area contributed by atoms with Crippen LogP contribution in [0.5, 0.6) is 0 Å². The fraction of sp³-hybridized carbons (Fsp3) is 0.160. The number of urea groups is 1. The van der Waals surface area contributed by atoms with Crippen molar-refractivity contribution in [2.75, 3.05) is 19.0 Å². The molecule has 0 aliphatic carbocycles. The minimum atomic E-state index is -4.48. The molecule has 0 radical (unpaired) electrons. The van der Waals surface area contributed by atoms with Gasteiger partial charge in [-0.25, -0.2) is 19.0 Å². The van der Waals surface area contributed by atoms with Crippen molar-refractivity contribution in [3.05, 3.63) is 101 Å². The number of hydrogen-bond acceptors (Lipinski definition) is 4. The number of anilines is 1. The number of amides is 2. The van der Waals surface area contributed by atoms with Gasteiger partial charge in [-0.3, -0.25) is 0 Å². The monoisotopic (exact) mass is 485 g/mol. The molecule has 10 heteroatoms. The summed E-state index contributed by atoms with van der Waals surface area (Å²) in [5, 5.41) is 8.12. The normalized spacial score (nSPS) is 15.5. The highest BCUT2D eigenvalue weighted by Crippen LogP contribution is 2.31. The maximum Gasteiger partial charge on any atom is 0.416 e. The molecule has 35 heavy (non-hydrogen) atoms. The van der Waals surface area contributed by atoms with Gasteiger partial charge in [0.05, 0.1) is 30.5 Å². The van der Waals surface area contributed by atoms with Gasteiger partial charge in [-0.1, -0.05) is 24.3 Å². The molecule has 1 aliphatic rings. The Hall–Kier alpha value is -4.21. The minimum Gasteiger partial charge on any atom is -0.465 e. The molecule has 1 atom stereocenters. The predicted octanol–water partition coefficient (Wildman–Crippen LogP) is 5.67. The first-order valence-corrected chi connectivity index (χ1v) is 10.4. The highest BCUT2D eigenvalue weighted by atomic mass is 19.4. The lowest BCUT2D eigenvalue weighted by molar-refractivity contribution is -0.137. The Labute approximate surface area is 197 Å². The smallest absolute Gasteiger partial charge is 0.416 e. The van der Waals surface area contributed by atoms with E-state index in [0.29, 0.717) is 16.8 Å². The number of carbonyl (C=O) groups is 2. The average molecular weight is 485 g/mol. The van der Waals surface area contributed by atoms with E-state index >= 15 is 0 Å². The standard InChI is InChI=1S/C25H19F4N3O3/c1-35-23(33)17-4-2-15(3-5-17)21-14-32(31-22(21)16-6-10-19(26)11-7-16)24(34)30-20-12-8-18(9-13-20)25(27,28)29/h2-13,21H,14H2,1H3,(H,30,34). The van der Waals surface area contributed by atoms with Crippen LogP contribution in [0.3, 0.4) is 0 Å². The number of ether oxygens (including phenoxy) is 1. The molecular formula is C25H19F4N3O3. The summed E-state index contributed by atoms with van der Waals surface area (Å²) in [5.41, 5.74) is 1.55. The SMILES string of the molecule is COC(=O)c1ccc(C2CN(C(=O)Nc3ccc(C(F)(F)F)cc3)N=C2c2ccc(F)cc2)cc1. The number of nitrogens with one attached hydrogen (secondary N) is 1. The van der Waals surface area contributed by atoms with Crippen LogP contribution in [0.2, 0.25) is 0 Å². The van der Waals surface area contributed by atoms with Crippen molar-refractivity contribution in [1.29, 1.82) is 0 Å². The second-order valence-corrected chi connectivity index (χ2v) is 7.75. The number of methoxy groups -OCH3 is 1. The van der Waals surface area contributed by atoms with E-state index in [1.54, 1.807) is 36.4 Å². The molecule has 0 fully saturated rings. The van der Waals surface area contributed by atoms with Crippen LogP contribution < -0.4 is 5.32 Å². The molecule has 0 spiro atoms. The third-order valence-electron chi connectivity index (χ3n) is 5.49. The Bertz CT molecular complexity index is 1260. The number of alkyl halides is 3. The topological polar surface area (TPSA) is 71.0 Å². The molecule has 0 saturated heterocycles. The Kier molecular flexibility index (Phi) is 6.54. The zero-order chi connectivity index (χ0) is 25.2. The third kappa shape index (κ3) is 5.32. The lowest BCUT2D eigenvalue weighted by Crippen LogP contribution is -2.30. The van der Waals surface area contributed by atoms with Crippen LogP contribution in [-0.4, -0.2) is 36.4 Å². The van der Waals surface area contributed by atoms with Crippen molar-refractivity contribution >= 4 is 23.4 Å². The summed E-state index contributed by atoms with van der Waals surface area (Å²) in [6.45, 7) is 0.122. The molecule has 4 rings (SSSR count). The number of nitrogens with zero attached hydrogens (tertiary/aromatic N) is 2. The van der Waals surface area contributed by atoms with E-state index < -0.39 is 35.5 Å². The molecule has 2 amide bonds. The number of hydrogen-bond donors (Lipinski definition) is 1. The first kappa shape index (κ1) is 23.9. The van der Waals surface area contributed by atoms with E-state index in [1.165, 1.54) is 19.2 Å². The molecule has 1 N–H and O–H groups in total.